The zero-order valence-corrected chi connectivity index (χ0v) is 18.4. The van der Waals surface area contributed by atoms with Gasteiger partial charge in [0.1, 0.15) is 6.61 Å². The van der Waals surface area contributed by atoms with Crippen LogP contribution in [0.1, 0.15) is 15.9 Å². The molecule has 2 heteroatoms. The number of rotatable bonds is 3. The summed E-state index contributed by atoms with van der Waals surface area (Å²) in [6, 6.07) is 37.6. The van der Waals surface area contributed by atoms with Crippen LogP contribution in [0.2, 0.25) is 0 Å². The molecule has 0 amide bonds. The fourth-order valence-corrected chi connectivity index (χ4v) is 5.22. The van der Waals surface area contributed by atoms with Gasteiger partial charge in [-0.25, -0.2) is 4.79 Å². The van der Waals surface area contributed by atoms with Crippen LogP contribution in [0.4, 0.5) is 0 Å². The molecule has 0 radical (unpaired) electrons. The first kappa shape index (κ1) is 19.1. The van der Waals surface area contributed by atoms with E-state index in [2.05, 4.69) is 78.9 Å². The summed E-state index contributed by atoms with van der Waals surface area (Å²) in [5.74, 6) is -0.305. The first-order chi connectivity index (χ1) is 16.7. The van der Waals surface area contributed by atoms with Gasteiger partial charge in [-0.1, -0.05) is 84.9 Å². The highest BCUT2D eigenvalue weighted by atomic mass is 16.5. The van der Waals surface area contributed by atoms with Gasteiger partial charge in [0.25, 0.3) is 0 Å². The predicted octanol–water partition coefficient (Wildman–Crippen LogP) is 8.25. The van der Waals surface area contributed by atoms with Gasteiger partial charge in [0, 0.05) is 0 Å². The Bertz CT molecular complexity index is 1860. The van der Waals surface area contributed by atoms with Crippen molar-refractivity contribution in [2.24, 2.45) is 0 Å². The molecule has 2 nitrogen and oxygen atoms in total. The molecule has 0 bridgehead atoms. The number of esters is 1. The van der Waals surface area contributed by atoms with E-state index in [9.17, 15) is 4.79 Å². The largest absolute Gasteiger partial charge is 0.457 e. The molecule has 7 rings (SSSR count). The van der Waals surface area contributed by atoms with Gasteiger partial charge in [0.15, 0.2) is 0 Å². The molecule has 0 saturated carbocycles. The van der Waals surface area contributed by atoms with Crippen LogP contribution in [0, 0.1) is 0 Å². The minimum atomic E-state index is -0.305. The molecule has 0 unspecified atom stereocenters. The highest BCUT2D eigenvalue weighted by molar-refractivity contribution is 6.23. The quantitative estimate of drug-likeness (QED) is 0.158. The average Bonchev–Trinajstić information content (AvgIpc) is 2.89. The summed E-state index contributed by atoms with van der Waals surface area (Å²) in [5, 5.41) is 11.8. The van der Waals surface area contributed by atoms with E-state index in [1.54, 1.807) is 0 Å². The van der Waals surface area contributed by atoms with Gasteiger partial charge in [-0.15, -0.1) is 0 Å². The van der Waals surface area contributed by atoms with Crippen LogP contribution in [0.25, 0.3) is 53.9 Å². The summed E-state index contributed by atoms with van der Waals surface area (Å²) in [7, 11) is 0. The minimum absolute atomic E-state index is 0.239. The Labute approximate surface area is 196 Å². The molecule has 0 N–H and O–H groups in total. The standard InChI is InChI=1S/C32H20O2/c33-32(26-12-11-25-16-23-4-1-2-5-24(23)17-28(25)18-26)34-19-27-13-10-22-9-8-20-6-3-7-21-14-15-29(27)31(22)30(20)21/h1-18H,19H2. The van der Waals surface area contributed by atoms with Gasteiger partial charge in [-0.2, -0.15) is 0 Å². The topological polar surface area (TPSA) is 26.3 Å². The van der Waals surface area contributed by atoms with Crippen molar-refractivity contribution in [1.29, 1.82) is 0 Å². The highest BCUT2D eigenvalue weighted by Crippen LogP contribution is 2.36. The maximum atomic E-state index is 13.0. The van der Waals surface area contributed by atoms with E-state index >= 15 is 0 Å². The van der Waals surface area contributed by atoms with E-state index in [1.165, 1.54) is 32.3 Å². The summed E-state index contributed by atoms with van der Waals surface area (Å²) >= 11 is 0. The molecular weight excluding hydrogens is 416 g/mol. The lowest BCUT2D eigenvalue weighted by molar-refractivity contribution is 0.0474. The molecule has 0 atom stereocenters. The zero-order chi connectivity index (χ0) is 22.6. The van der Waals surface area contributed by atoms with Crippen LogP contribution in [0.15, 0.2) is 109 Å². The summed E-state index contributed by atoms with van der Waals surface area (Å²) in [5.41, 5.74) is 1.59. The number of carbonyl (C=O) groups is 1. The van der Waals surface area contributed by atoms with Crippen molar-refractivity contribution < 1.29 is 9.53 Å². The summed E-state index contributed by atoms with van der Waals surface area (Å²) in [6.45, 7) is 0.239. The number of hydrogen-bond donors (Lipinski definition) is 0. The fourth-order valence-electron chi connectivity index (χ4n) is 5.22. The Kier molecular flexibility index (Phi) is 4.09. The monoisotopic (exact) mass is 436 g/mol. The SMILES string of the molecule is O=C(OCc1ccc2ccc3cccc4ccc1c2c34)c1ccc2cc3ccccc3cc2c1. The summed E-state index contributed by atoms with van der Waals surface area (Å²) in [4.78, 5) is 13.0. The molecule has 160 valence electrons. The minimum Gasteiger partial charge on any atom is -0.457 e. The van der Waals surface area contributed by atoms with Crippen molar-refractivity contribution in [2.75, 3.05) is 0 Å². The van der Waals surface area contributed by atoms with Crippen LogP contribution in [0.3, 0.4) is 0 Å². The molecule has 0 saturated heterocycles. The van der Waals surface area contributed by atoms with Gasteiger partial charge in [0.2, 0.25) is 0 Å². The van der Waals surface area contributed by atoms with Crippen LogP contribution in [-0.2, 0) is 11.3 Å². The zero-order valence-electron chi connectivity index (χ0n) is 18.4. The Balaban J connectivity index is 1.23. The molecule has 34 heavy (non-hydrogen) atoms. The summed E-state index contributed by atoms with van der Waals surface area (Å²) in [6.07, 6.45) is 0. The van der Waals surface area contributed by atoms with E-state index in [1.807, 2.05) is 30.3 Å². The number of benzene rings is 7. The predicted molar refractivity (Wildman–Crippen MR) is 141 cm³/mol. The number of ether oxygens (including phenoxy) is 1. The normalized spacial score (nSPS) is 11.8. The van der Waals surface area contributed by atoms with Gasteiger partial charge in [-0.05, 0) is 83.7 Å². The Morgan fingerprint density at radius 3 is 1.91 bits per heavy atom. The van der Waals surface area contributed by atoms with Crippen LogP contribution < -0.4 is 0 Å². The van der Waals surface area contributed by atoms with E-state index in [0.717, 1.165) is 27.1 Å². The van der Waals surface area contributed by atoms with E-state index in [-0.39, 0.29) is 12.6 Å². The number of carbonyl (C=O) groups excluding carboxylic acids is 1. The molecule has 0 heterocycles. The maximum absolute atomic E-state index is 13.0. The van der Waals surface area contributed by atoms with Crippen LogP contribution in [0.5, 0.6) is 0 Å². The highest BCUT2D eigenvalue weighted by Gasteiger charge is 2.13. The third kappa shape index (κ3) is 2.93. The van der Waals surface area contributed by atoms with E-state index in [4.69, 9.17) is 4.74 Å². The van der Waals surface area contributed by atoms with Crippen LogP contribution in [-0.4, -0.2) is 5.97 Å². The van der Waals surface area contributed by atoms with Gasteiger partial charge >= 0.3 is 5.97 Å². The second-order valence-electron chi connectivity index (χ2n) is 8.92. The maximum Gasteiger partial charge on any atom is 0.338 e. The molecule has 7 aromatic rings. The van der Waals surface area contributed by atoms with Crippen molar-refractivity contribution in [3.05, 3.63) is 120 Å². The Morgan fingerprint density at radius 1 is 0.529 bits per heavy atom. The van der Waals surface area contributed by atoms with Crippen LogP contribution >= 0.6 is 0 Å². The Hall–Kier alpha value is -4.43. The first-order valence-corrected chi connectivity index (χ1v) is 11.5. The second kappa shape index (κ2) is 7.29. The van der Waals surface area contributed by atoms with Gasteiger partial charge in [0.05, 0.1) is 5.56 Å². The fraction of sp³-hybridized carbons (Fsp3) is 0.0312. The number of fused-ring (bicyclic) bond motifs is 2. The average molecular weight is 437 g/mol. The Morgan fingerprint density at radius 2 is 1.12 bits per heavy atom. The number of hydrogen-bond acceptors (Lipinski definition) is 2. The van der Waals surface area contributed by atoms with Gasteiger partial charge < -0.3 is 4.74 Å². The first-order valence-electron chi connectivity index (χ1n) is 11.5. The lowest BCUT2D eigenvalue weighted by Crippen LogP contribution is -2.05. The lowest BCUT2D eigenvalue weighted by Gasteiger charge is -2.14. The van der Waals surface area contributed by atoms with Crippen molar-refractivity contribution in [3.63, 3.8) is 0 Å². The molecule has 0 spiro atoms. The third-order valence-corrected chi connectivity index (χ3v) is 6.92. The molecule has 0 aliphatic rings. The molecular formula is C32H20O2. The van der Waals surface area contributed by atoms with E-state index < -0.39 is 0 Å². The van der Waals surface area contributed by atoms with E-state index in [0.29, 0.717) is 5.56 Å². The lowest BCUT2D eigenvalue weighted by atomic mass is 9.92. The molecule has 0 fully saturated rings. The van der Waals surface area contributed by atoms with Crippen molar-refractivity contribution in [2.45, 2.75) is 6.61 Å². The van der Waals surface area contributed by atoms with Crippen molar-refractivity contribution in [1.82, 2.24) is 0 Å². The second-order valence-corrected chi connectivity index (χ2v) is 8.92. The molecule has 7 aromatic carbocycles. The van der Waals surface area contributed by atoms with Gasteiger partial charge in [-0.3, -0.25) is 0 Å². The van der Waals surface area contributed by atoms with Crippen molar-refractivity contribution >= 4 is 59.8 Å². The third-order valence-electron chi connectivity index (χ3n) is 6.92. The molecule has 0 aliphatic carbocycles. The molecule has 0 aromatic heterocycles. The summed E-state index contributed by atoms with van der Waals surface area (Å²) < 4.78 is 5.80. The molecule has 0 aliphatic heterocycles. The smallest absolute Gasteiger partial charge is 0.338 e. The van der Waals surface area contributed by atoms with Crippen molar-refractivity contribution in [3.8, 4) is 0 Å².